The van der Waals surface area contributed by atoms with Crippen molar-refractivity contribution in [1.82, 2.24) is 4.90 Å². The van der Waals surface area contributed by atoms with Gasteiger partial charge < -0.3 is 19.5 Å². The molecule has 1 fully saturated rings. The summed E-state index contributed by atoms with van der Waals surface area (Å²) in [4.78, 5) is 40.2. The number of carbonyl (C=O) groups is 3. The molecule has 3 amide bonds. The lowest BCUT2D eigenvalue weighted by molar-refractivity contribution is -0.129. The molecule has 2 aromatic rings. The molecule has 0 spiro atoms. The number of fused-ring (bicyclic) bond motifs is 1. The minimum atomic E-state index is -0.457. The van der Waals surface area contributed by atoms with E-state index in [0.29, 0.717) is 30.2 Å². The van der Waals surface area contributed by atoms with Crippen LogP contribution in [0.25, 0.3) is 0 Å². The summed E-state index contributed by atoms with van der Waals surface area (Å²) in [6.45, 7) is 0.657. The summed E-state index contributed by atoms with van der Waals surface area (Å²) in [7, 11) is 0. The number of amides is 3. The molecule has 25 heavy (non-hydrogen) atoms. The first-order chi connectivity index (χ1) is 12.1. The summed E-state index contributed by atoms with van der Waals surface area (Å²) in [5.74, 6) is -0.281. The quantitative estimate of drug-likeness (QED) is 0.921. The zero-order valence-electron chi connectivity index (χ0n) is 13.5. The number of nitrogens with one attached hydrogen (secondary N) is 1. The van der Waals surface area contributed by atoms with Gasteiger partial charge in [0.25, 0.3) is 0 Å². The van der Waals surface area contributed by atoms with Gasteiger partial charge in [-0.05, 0) is 24.3 Å². The third-order valence-electron chi connectivity index (χ3n) is 4.53. The Morgan fingerprint density at radius 1 is 1.20 bits per heavy atom. The van der Waals surface area contributed by atoms with Crippen LogP contribution in [-0.4, -0.2) is 35.7 Å². The van der Waals surface area contributed by atoms with Gasteiger partial charge in [-0.1, -0.05) is 12.1 Å². The second kappa shape index (κ2) is 6.08. The molecule has 0 radical (unpaired) electrons. The van der Waals surface area contributed by atoms with Crippen LogP contribution in [0.1, 0.15) is 12.2 Å². The molecule has 3 heterocycles. The van der Waals surface area contributed by atoms with Crippen molar-refractivity contribution in [2.75, 3.05) is 23.3 Å². The van der Waals surface area contributed by atoms with Crippen LogP contribution in [0.3, 0.4) is 0 Å². The highest BCUT2D eigenvalue weighted by atomic mass is 16.3. The topological polar surface area (TPSA) is 82.9 Å². The molecule has 1 aromatic heterocycles. The molecule has 128 valence electrons. The number of benzene rings is 1. The molecule has 7 heteroatoms. The summed E-state index contributed by atoms with van der Waals surface area (Å²) in [6.07, 6.45) is 1.71. The van der Waals surface area contributed by atoms with Crippen LogP contribution in [0.5, 0.6) is 0 Å². The number of hydrogen-bond donors (Lipinski definition) is 1. The Morgan fingerprint density at radius 2 is 2.04 bits per heavy atom. The number of carbonyl (C=O) groups excluding carboxylic acids is 3. The van der Waals surface area contributed by atoms with Gasteiger partial charge in [-0.2, -0.15) is 0 Å². The van der Waals surface area contributed by atoms with E-state index in [2.05, 4.69) is 5.32 Å². The molecular weight excluding hydrogens is 322 g/mol. The lowest BCUT2D eigenvalue weighted by Gasteiger charge is -2.30. The minimum absolute atomic E-state index is 0.0290. The zero-order valence-corrected chi connectivity index (χ0v) is 13.5. The Balaban J connectivity index is 1.52. The Bertz CT molecular complexity index is 831. The Kier molecular flexibility index (Phi) is 3.76. The standard InChI is InChI=1S/C18H17N3O4/c22-16-11-21(15-6-2-1-5-14(15)19-16)18(24)12-8-17(23)20(9-12)10-13-4-3-7-25-13/h1-7,12H,8-11H2,(H,19,22)/t12-/m0/s1. The van der Waals surface area contributed by atoms with Gasteiger partial charge in [-0.3, -0.25) is 14.4 Å². The second-order valence-electron chi connectivity index (χ2n) is 6.24. The van der Waals surface area contributed by atoms with Crippen LogP contribution < -0.4 is 10.2 Å². The van der Waals surface area contributed by atoms with Crippen molar-refractivity contribution in [1.29, 1.82) is 0 Å². The van der Waals surface area contributed by atoms with E-state index in [1.54, 1.807) is 41.5 Å². The average molecular weight is 339 g/mol. The van der Waals surface area contributed by atoms with Crippen molar-refractivity contribution >= 4 is 29.1 Å². The van der Waals surface area contributed by atoms with Gasteiger partial charge in [-0.25, -0.2) is 0 Å². The number of furan rings is 1. The molecule has 2 aliphatic heterocycles. The van der Waals surface area contributed by atoms with Crippen molar-refractivity contribution in [3.05, 3.63) is 48.4 Å². The lowest BCUT2D eigenvalue weighted by Crippen LogP contribution is -2.45. The Morgan fingerprint density at radius 3 is 2.84 bits per heavy atom. The van der Waals surface area contributed by atoms with Crippen LogP contribution in [0.2, 0.25) is 0 Å². The first-order valence-corrected chi connectivity index (χ1v) is 8.12. The number of hydrogen-bond acceptors (Lipinski definition) is 4. The summed E-state index contributed by atoms with van der Waals surface area (Å²) in [5.41, 5.74) is 1.29. The summed E-state index contributed by atoms with van der Waals surface area (Å²) >= 11 is 0. The van der Waals surface area contributed by atoms with Gasteiger partial charge in [0.2, 0.25) is 17.7 Å². The second-order valence-corrected chi connectivity index (χ2v) is 6.24. The molecule has 0 unspecified atom stereocenters. The monoisotopic (exact) mass is 339 g/mol. The van der Waals surface area contributed by atoms with E-state index in [1.165, 1.54) is 4.90 Å². The van der Waals surface area contributed by atoms with Crippen LogP contribution in [0, 0.1) is 5.92 Å². The van der Waals surface area contributed by atoms with E-state index >= 15 is 0 Å². The normalized spacial score (nSPS) is 19.8. The molecule has 7 nitrogen and oxygen atoms in total. The number of nitrogens with zero attached hydrogens (tertiary/aromatic N) is 2. The molecule has 0 aliphatic carbocycles. The third-order valence-corrected chi connectivity index (χ3v) is 4.53. The Labute approximate surface area is 144 Å². The molecule has 4 rings (SSSR count). The fourth-order valence-corrected chi connectivity index (χ4v) is 3.33. The van der Waals surface area contributed by atoms with E-state index in [4.69, 9.17) is 4.42 Å². The molecule has 1 atom stereocenters. The van der Waals surface area contributed by atoms with Crippen molar-refractivity contribution in [2.45, 2.75) is 13.0 Å². The van der Waals surface area contributed by atoms with Gasteiger partial charge in [0.15, 0.2) is 0 Å². The predicted octanol–water partition coefficient (Wildman–Crippen LogP) is 1.61. The fourth-order valence-electron chi connectivity index (χ4n) is 3.33. The van der Waals surface area contributed by atoms with Crippen LogP contribution in [0.4, 0.5) is 11.4 Å². The number of para-hydroxylation sites is 2. The first-order valence-electron chi connectivity index (χ1n) is 8.12. The SMILES string of the molecule is O=C1CN(C(=O)[C@H]2CC(=O)N(Cc3ccco3)C2)c2ccccc2N1. The maximum atomic E-state index is 12.9. The summed E-state index contributed by atoms with van der Waals surface area (Å²) in [5, 5.41) is 2.76. The van der Waals surface area contributed by atoms with E-state index in [1.807, 2.05) is 6.07 Å². The van der Waals surface area contributed by atoms with Gasteiger partial charge in [0.05, 0.1) is 30.1 Å². The predicted molar refractivity (Wildman–Crippen MR) is 89.7 cm³/mol. The van der Waals surface area contributed by atoms with E-state index in [9.17, 15) is 14.4 Å². The molecule has 1 N–H and O–H groups in total. The van der Waals surface area contributed by atoms with Crippen molar-refractivity contribution in [2.24, 2.45) is 5.92 Å². The highest BCUT2D eigenvalue weighted by molar-refractivity contribution is 6.11. The summed E-state index contributed by atoms with van der Waals surface area (Å²) < 4.78 is 5.27. The summed E-state index contributed by atoms with van der Waals surface area (Å²) in [6, 6.07) is 10.7. The van der Waals surface area contributed by atoms with Gasteiger partial charge in [-0.15, -0.1) is 0 Å². The molecular formula is C18H17N3O4. The fraction of sp³-hybridized carbons (Fsp3) is 0.278. The number of likely N-dealkylation sites (tertiary alicyclic amines) is 1. The van der Waals surface area contributed by atoms with E-state index in [-0.39, 0.29) is 30.7 Å². The first kappa shape index (κ1) is 15.4. The van der Waals surface area contributed by atoms with Crippen molar-refractivity contribution < 1.29 is 18.8 Å². The highest BCUT2D eigenvalue weighted by Gasteiger charge is 2.39. The largest absolute Gasteiger partial charge is 0.467 e. The highest BCUT2D eigenvalue weighted by Crippen LogP contribution is 2.32. The lowest BCUT2D eigenvalue weighted by atomic mass is 10.1. The van der Waals surface area contributed by atoms with Crippen LogP contribution in [-0.2, 0) is 20.9 Å². The molecule has 1 saturated heterocycles. The van der Waals surface area contributed by atoms with Crippen LogP contribution >= 0.6 is 0 Å². The molecule has 0 bridgehead atoms. The van der Waals surface area contributed by atoms with Gasteiger partial charge >= 0.3 is 0 Å². The minimum Gasteiger partial charge on any atom is -0.467 e. The van der Waals surface area contributed by atoms with Crippen molar-refractivity contribution in [3.8, 4) is 0 Å². The van der Waals surface area contributed by atoms with Crippen molar-refractivity contribution in [3.63, 3.8) is 0 Å². The molecule has 1 aromatic carbocycles. The molecule has 0 saturated carbocycles. The van der Waals surface area contributed by atoms with E-state index in [0.717, 1.165) is 0 Å². The molecule has 2 aliphatic rings. The number of rotatable bonds is 3. The van der Waals surface area contributed by atoms with Crippen LogP contribution in [0.15, 0.2) is 47.1 Å². The van der Waals surface area contributed by atoms with E-state index < -0.39 is 5.92 Å². The Hall–Kier alpha value is -3.09. The maximum absolute atomic E-state index is 12.9. The maximum Gasteiger partial charge on any atom is 0.244 e. The van der Waals surface area contributed by atoms with Gasteiger partial charge in [0, 0.05) is 13.0 Å². The van der Waals surface area contributed by atoms with Gasteiger partial charge in [0.1, 0.15) is 12.3 Å². The smallest absolute Gasteiger partial charge is 0.244 e. The average Bonchev–Trinajstić information content (AvgIpc) is 3.24. The zero-order chi connectivity index (χ0) is 17.4. The number of anilines is 2. The third kappa shape index (κ3) is 2.88.